The molecule has 1 aliphatic heterocycles. The van der Waals surface area contributed by atoms with Gasteiger partial charge < -0.3 is 14.3 Å². The molecule has 0 N–H and O–H groups in total. The fraction of sp³-hybridized carbons (Fsp3) is 0.500. The van der Waals surface area contributed by atoms with Gasteiger partial charge in [-0.3, -0.25) is 4.90 Å². The Morgan fingerprint density at radius 3 is 2.52 bits per heavy atom. The largest absolute Gasteiger partial charge is 0.444 e. The van der Waals surface area contributed by atoms with Crippen LogP contribution in [0.4, 0.5) is 4.79 Å². The third-order valence-corrected chi connectivity index (χ3v) is 3.13. The van der Waals surface area contributed by atoms with Crippen LogP contribution in [0.1, 0.15) is 26.3 Å². The van der Waals surface area contributed by atoms with Crippen molar-refractivity contribution in [3.05, 3.63) is 35.9 Å². The first-order chi connectivity index (χ1) is 9.92. The number of hydrogen-bond acceptors (Lipinski definition) is 4. The Balaban J connectivity index is 1.81. The first kappa shape index (κ1) is 15.5. The Labute approximate surface area is 124 Å². The summed E-state index contributed by atoms with van der Waals surface area (Å²) in [4.78, 5) is 24.3. The molecule has 1 heterocycles. The molecule has 0 spiro atoms. The van der Waals surface area contributed by atoms with E-state index in [1.54, 1.807) is 20.8 Å². The molecule has 5 nitrogen and oxygen atoms in total. The smallest absolute Gasteiger partial charge is 0.411 e. The molecular weight excluding hydrogens is 270 g/mol. The number of ether oxygens (including phenoxy) is 2. The molecule has 0 radical (unpaired) electrons. The second kappa shape index (κ2) is 6.26. The van der Waals surface area contributed by atoms with E-state index in [0.717, 1.165) is 11.8 Å². The molecule has 114 valence electrons. The maximum atomic E-state index is 11.9. The van der Waals surface area contributed by atoms with Crippen LogP contribution in [-0.4, -0.2) is 41.6 Å². The molecule has 0 aliphatic carbocycles. The molecule has 0 aromatic heterocycles. The molecule has 1 aromatic rings. The van der Waals surface area contributed by atoms with Gasteiger partial charge in [-0.1, -0.05) is 30.3 Å². The van der Waals surface area contributed by atoms with Crippen LogP contribution in [0.2, 0.25) is 0 Å². The number of hydrogen-bond donors (Lipinski definition) is 0. The molecule has 2 atom stereocenters. The highest BCUT2D eigenvalue weighted by Gasteiger charge is 2.52. The van der Waals surface area contributed by atoms with Crippen LogP contribution < -0.4 is 0 Å². The van der Waals surface area contributed by atoms with Gasteiger partial charge in [-0.25, -0.2) is 4.79 Å². The Bertz CT molecular complexity index is 495. The van der Waals surface area contributed by atoms with Crippen molar-refractivity contribution in [3.63, 3.8) is 0 Å². The summed E-state index contributed by atoms with van der Waals surface area (Å²) >= 11 is 0. The zero-order valence-electron chi connectivity index (χ0n) is 12.6. The van der Waals surface area contributed by atoms with E-state index in [-0.39, 0.29) is 6.04 Å². The van der Waals surface area contributed by atoms with Crippen molar-refractivity contribution in [3.8, 4) is 0 Å². The van der Waals surface area contributed by atoms with Gasteiger partial charge in [0.1, 0.15) is 17.9 Å². The molecule has 1 aromatic carbocycles. The van der Waals surface area contributed by atoms with Gasteiger partial charge in [0.15, 0.2) is 0 Å². The van der Waals surface area contributed by atoms with Crippen LogP contribution in [0.5, 0.6) is 0 Å². The molecule has 1 fully saturated rings. The third-order valence-electron chi connectivity index (χ3n) is 3.13. The van der Waals surface area contributed by atoms with E-state index in [4.69, 9.17) is 9.47 Å². The Morgan fingerprint density at radius 2 is 1.95 bits per heavy atom. The minimum atomic E-state index is -0.567. The first-order valence-electron chi connectivity index (χ1n) is 7.00. The predicted molar refractivity (Wildman–Crippen MR) is 77.8 cm³/mol. The SMILES string of the molecule is CC(C)(C)OC(=O)N1[C@H](C=O)[C@H]1COCc1ccccc1. The molecule has 1 amide bonds. The molecule has 5 heteroatoms. The molecule has 21 heavy (non-hydrogen) atoms. The fourth-order valence-electron chi connectivity index (χ4n) is 2.08. The van der Waals surface area contributed by atoms with Crippen LogP contribution in [0.15, 0.2) is 30.3 Å². The topological polar surface area (TPSA) is 55.6 Å². The lowest BCUT2D eigenvalue weighted by Gasteiger charge is -2.20. The molecule has 0 saturated carbocycles. The van der Waals surface area contributed by atoms with Crippen molar-refractivity contribution in [2.75, 3.05) is 6.61 Å². The van der Waals surface area contributed by atoms with Crippen molar-refractivity contribution in [1.29, 1.82) is 0 Å². The zero-order valence-corrected chi connectivity index (χ0v) is 12.6. The van der Waals surface area contributed by atoms with Crippen molar-refractivity contribution in [2.45, 2.75) is 45.1 Å². The zero-order chi connectivity index (χ0) is 15.5. The van der Waals surface area contributed by atoms with Crippen LogP contribution in [0, 0.1) is 0 Å². The van der Waals surface area contributed by atoms with Crippen molar-refractivity contribution in [2.24, 2.45) is 0 Å². The highest BCUT2D eigenvalue weighted by molar-refractivity contribution is 5.81. The van der Waals surface area contributed by atoms with Gasteiger partial charge in [-0.05, 0) is 26.3 Å². The Hall–Kier alpha value is -1.88. The summed E-state index contributed by atoms with van der Waals surface area (Å²) in [5.74, 6) is 0. The lowest BCUT2D eigenvalue weighted by molar-refractivity contribution is -0.108. The minimum Gasteiger partial charge on any atom is -0.444 e. The summed E-state index contributed by atoms with van der Waals surface area (Å²) in [7, 11) is 0. The number of rotatable bonds is 5. The first-order valence-corrected chi connectivity index (χ1v) is 7.00. The van der Waals surface area contributed by atoms with E-state index in [2.05, 4.69) is 0 Å². The molecule has 2 rings (SSSR count). The predicted octanol–water partition coefficient (Wildman–Crippen LogP) is 2.39. The number of benzene rings is 1. The van der Waals surface area contributed by atoms with E-state index < -0.39 is 17.7 Å². The monoisotopic (exact) mass is 291 g/mol. The highest BCUT2D eigenvalue weighted by Crippen LogP contribution is 2.29. The van der Waals surface area contributed by atoms with Crippen LogP contribution >= 0.6 is 0 Å². The molecule has 1 saturated heterocycles. The van der Waals surface area contributed by atoms with E-state index >= 15 is 0 Å². The second-order valence-corrected chi connectivity index (χ2v) is 6.08. The maximum absolute atomic E-state index is 11.9. The highest BCUT2D eigenvalue weighted by atomic mass is 16.6. The second-order valence-electron chi connectivity index (χ2n) is 6.08. The number of carbonyl (C=O) groups excluding carboxylic acids is 2. The van der Waals surface area contributed by atoms with Crippen molar-refractivity contribution in [1.82, 2.24) is 4.90 Å². The molecular formula is C16H21NO4. The van der Waals surface area contributed by atoms with Crippen molar-refractivity contribution >= 4 is 12.4 Å². The van der Waals surface area contributed by atoms with E-state index in [9.17, 15) is 9.59 Å². The summed E-state index contributed by atoms with van der Waals surface area (Å²) in [6, 6.07) is 9.10. The molecule has 0 unspecified atom stereocenters. The van der Waals surface area contributed by atoms with Gasteiger partial charge in [0.25, 0.3) is 0 Å². The summed E-state index contributed by atoms with van der Waals surface area (Å²) in [5.41, 5.74) is 0.493. The number of amides is 1. The quantitative estimate of drug-likeness (QED) is 0.617. The lowest BCUT2D eigenvalue weighted by Crippen LogP contribution is -2.29. The van der Waals surface area contributed by atoms with Gasteiger partial charge in [0.05, 0.1) is 19.3 Å². The van der Waals surface area contributed by atoms with Crippen molar-refractivity contribution < 1.29 is 19.1 Å². The average molecular weight is 291 g/mol. The standard InChI is InChI=1S/C16H21NO4/c1-16(2,3)21-15(19)17-13(9-18)14(17)11-20-10-12-7-5-4-6-8-12/h4-9,13-14H,10-11H2,1-3H3/t13-,14-,17?/m1/s1. The number of aldehydes is 1. The normalized spacial score (nSPS) is 21.0. The average Bonchev–Trinajstić information content (AvgIpc) is 3.11. The molecule has 0 bridgehead atoms. The van der Waals surface area contributed by atoms with E-state index in [1.807, 2.05) is 30.3 Å². The van der Waals surface area contributed by atoms with Gasteiger partial charge >= 0.3 is 6.09 Å². The van der Waals surface area contributed by atoms with E-state index in [0.29, 0.717) is 13.2 Å². The van der Waals surface area contributed by atoms with Crippen LogP contribution in [0.25, 0.3) is 0 Å². The molecule has 1 aliphatic rings. The number of carbonyl (C=O) groups is 2. The maximum Gasteiger partial charge on any atom is 0.411 e. The van der Waals surface area contributed by atoms with Crippen LogP contribution in [0.3, 0.4) is 0 Å². The van der Waals surface area contributed by atoms with Gasteiger partial charge in [0.2, 0.25) is 0 Å². The summed E-state index contributed by atoms with van der Waals surface area (Å²) in [5, 5.41) is 0. The van der Waals surface area contributed by atoms with Gasteiger partial charge in [0, 0.05) is 0 Å². The van der Waals surface area contributed by atoms with Crippen LogP contribution in [-0.2, 0) is 20.9 Å². The fourth-order valence-corrected chi connectivity index (χ4v) is 2.08. The minimum absolute atomic E-state index is 0.221. The summed E-state index contributed by atoms with van der Waals surface area (Å²) < 4.78 is 10.8. The summed E-state index contributed by atoms with van der Waals surface area (Å²) in [6.07, 6.45) is 0.299. The summed E-state index contributed by atoms with van der Waals surface area (Å²) in [6.45, 7) is 6.18. The lowest BCUT2D eigenvalue weighted by atomic mass is 10.2. The van der Waals surface area contributed by atoms with E-state index in [1.165, 1.54) is 4.90 Å². The van der Waals surface area contributed by atoms with Gasteiger partial charge in [-0.2, -0.15) is 0 Å². The third kappa shape index (κ3) is 4.29. The Kier molecular flexibility index (Phi) is 4.63. The Morgan fingerprint density at radius 1 is 1.29 bits per heavy atom. The number of nitrogens with zero attached hydrogens (tertiary/aromatic N) is 1. The van der Waals surface area contributed by atoms with Gasteiger partial charge in [-0.15, -0.1) is 0 Å².